The maximum absolute atomic E-state index is 13.0. The molecule has 0 radical (unpaired) electrons. The number of hydrogen-bond donors (Lipinski definition) is 0. The Kier molecular flexibility index (Phi) is 3.73. The summed E-state index contributed by atoms with van der Waals surface area (Å²) >= 11 is 0. The minimum atomic E-state index is -3.58. The van der Waals surface area contributed by atoms with Gasteiger partial charge in [0.05, 0.1) is 29.3 Å². The number of aromatic nitrogens is 4. The highest BCUT2D eigenvalue weighted by molar-refractivity contribution is 7.89. The average Bonchev–Trinajstić information content (AvgIpc) is 3.06. The minimum Gasteiger partial charge on any atom is -0.274 e. The Balaban J connectivity index is 2.01. The summed E-state index contributed by atoms with van der Waals surface area (Å²) in [6, 6.07) is -0.253. The van der Waals surface area contributed by atoms with Crippen LogP contribution in [-0.2, 0) is 17.1 Å². The second kappa shape index (κ2) is 5.44. The standard InChI is InChI=1S/C14H19N5O2S/c1-10-7-15-8-12(16-10)13-5-4-6-19(13)22(20,21)14-9-18(3)17-11(14)2/h7-9,13H,4-6H2,1-3H3. The largest absolute Gasteiger partial charge is 0.274 e. The molecule has 1 aliphatic heterocycles. The van der Waals surface area contributed by atoms with E-state index in [4.69, 9.17) is 0 Å². The van der Waals surface area contributed by atoms with E-state index in [0.29, 0.717) is 17.9 Å². The van der Waals surface area contributed by atoms with E-state index in [0.717, 1.165) is 18.5 Å². The summed E-state index contributed by atoms with van der Waals surface area (Å²) in [5, 5.41) is 4.14. The summed E-state index contributed by atoms with van der Waals surface area (Å²) in [6.07, 6.45) is 6.46. The van der Waals surface area contributed by atoms with Gasteiger partial charge < -0.3 is 0 Å². The molecule has 3 heterocycles. The smallest absolute Gasteiger partial charge is 0.247 e. The summed E-state index contributed by atoms with van der Waals surface area (Å²) in [5.41, 5.74) is 2.02. The van der Waals surface area contributed by atoms with E-state index >= 15 is 0 Å². The molecule has 1 fully saturated rings. The molecule has 118 valence electrons. The number of aryl methyl sites for hydroxylation is 3. The molecule has 1 atom stereocenters. The molecule has 0 aliphatic carbocycles. The normalized spacial score (nSPS) is 19.7. The van der Waals surface area contributed by atoms with Gasteiger partial charge in [0.15, 0.2) is 0 Å². The molecule has 2 aromatic heterocycles. The minimum absolute atomic E-state index is 0.253. The topological polar surface area (TPSA) is 81.0 Å². The van der Waals surface area contributed by atoms with Crippen LogP contribution in [0.5, 0.6) is 0 Å². The van der Waals surface area contributed by atoms with Crippen molar-refractivity contribution in [1.82, 2.24) is 24.1 Å². The molecule has 1 saturated heterocycles. The van der Waals surface area contributed by atoms with Crippen molar-refractivity contribution >= 4 is 10.0 Å². The second-order valence-electron chi connectivity index (χ2n) is 5.61. The summed E-state index contributed by atoms with van der Waals surface area (Å²) in [7, 11) is -1.85. The van der Waals surface area contributed by atoms with Crippen LogP contribution >= 0.6 is 0 Å². The fourth-order valence-electron chi connectivity index (χ4n) is 2.92. The predicted molar refractivity (Wildman–Crippen MR) is 80.6 cm³/mol. The summed E-state index contributed by atoms with van der Waals surface area (Å²) < 4.78 is 29.0. The molecule has 1 aliphatic rings. The van der Waals surface area contributed by atoms with Gasteiger partial charge in [0.2, 0.25) is 10.0 Å². The zero-order chi connectivity index (χ0) is 15.9. The number of hydrogen-bond acceptors (Lipinski definition) is 5. The molecular formula is C14H19N5O2S. The molecule has 0 spiro atoms. The molecule has 0 bridgehead atoms. The van der Waals surface area contributed by atoms with Gasteiger partial charge in [-0.3, -0.25) is 14.6 Å². The Labute approximate surface area is 130 Å². The molecule has 8 heteroatoms. The first kappa shape index (κ1) is 15.1. The number of rotatable bonds is 3. The maximum atomic E-state index is 13.0. The maximum Gasteiger partial charge on any atom is 0.247 e. The molecule has 0 N–H and O–H groups in total. The monoisotopic (exact) mass is 321 g/mol. The van der Waals surface area contributed by atoms with Crippen molar-refractivity contribution in [3.63, 3.8) is 0 Å². The zero-order valence-electron chi connectivity index (χ0n) is 12.9. The van der Waals surface area contributed by atoms with Gasteiger partial charge >= 0.3 is 0 Å². The Bertz CT molecular complexity index is 799. The van der Waals surface area contributed by atoms with Crippen LogP contribution < -0.4 is 0 Å². The van der Waals surface area contributed by atoms with Crippen molar-refractivity contribution in [1.29, 1.82) is 0 Å². The Morgan fingerprint density at radius 3 is 2.68 bits per heavy atom. The molecule has 0 amide bonds. The average molecular weight is 321 g/mol. The third-order valence-electron chi connectivity index (χ3n) is 3.87. The van der Waals surface area contributed by atoms with Gasteiger partial charge in [0.1, 0.15) is 4.90 Å². The lowest BCUT2D eigenvalue weighted by molar-refractivity contribution is 0.389. The number of sulfonamides is 1. The van der Waals surface area contributed by atoms with Gasteiger partial charge in [-0.2, -0.15) is 9.40 Å². The highest BCUT2D eigenvalue weighted by Gasteiger charge is 2.38. The fourth-order valence-corrected chi connectivity index (χ4v) is 4.79. The van der Waals surface area contributed by atoms with Crippen molar-refractivity contribution < 1.29 is 8.42 Å². The molecule has 22 heavy (non-hydrogen) atoms. The van der Waals surface area contributed by atoms with E-state index in [9.17, 15) is 8.42 Å². The van der Waals surface area contributed by atoms with Crippen molar-refractivity contribution in [3.05, 3.63) is 35.7 Å². The van der Waals surface area contributed by atoms with Gasteiger partial charge in [-0.25, -0.2) is 8.42 Å². The van der Waals surface area contributed by atoms with Crippen molar-refractivity contribution in [2.24, 2.45) is 7.05 Å². The van der Waals surface area contributed by atoms with Gasteiger partial charge in [-0.15, -0.1) is 0 Å². The first-order chi connectivity index (χ1) is 10.4. The van der Waals surface area contributed by atoms with E-state index in [1.807, 2.05) is 6.92 Å². The second-order valence-corrected chi connectivity index (χ2v) is 7.47. The van der Waals surface area contributed by atoms with E-state index in [1.165, 1.54) is 8.99 Å². The van der Waals surface area contributed by atoms with Gasteiger partial charge in [0, 0.05) is 26.0 Å². The Morgan fingerprint density at radius 2 is 2.05 bits per heavy atom. The van der Waals surface area contributed by atoms with E-state index in [1.54, 1.807) is 32.6 Å². The van der Waals surface area contributed by atoms with Gasteiger partial charge in [0.25, 0.3) is 0 Å². The van der Waals surface area contributed by atoms with Crippen LogP contribution in [0.1, 0.15) is 36.0 Å². The highest BCUT2D eigenvalue weighted by atomic mass is 32.2. The van der Waals surface area contributed by atoms with Crippen LogP contribution in [-0.4, -0.2) is 39.0 Å². The molecule has 3 rings (SSSR count). The van der Waals surface area contributed by atoms with E-state index < -0.39 is 10.0 Å². The van der Waals surface area contributed by atoms with Crippen molar-refractivity contribution in [2.45, 2.75) is 37.6 Å². The van der Waals surface area contributed by atoms with E-state index in [2.05, 4.69) is 15.1 Å². The Morgan fingerprint density at radius 1 is 1.27 bits per heavy atom. The van der Waals surface area contributed by atoms with Crippen molar-refractivity contribution in [3.8, 4) is 0 Å². The zero-order valence-corrected chi connectivity index (χ0v) is 13.7. The highest BCUT2D eigenvalue weighted by Crippen LogP contribution is 2.36. The predicted octanol–water partition coefficient (Wildman–Crippen LogP) is 1.35. The lowest BCUT2D eigenvalue weighted by Crippen LogP contribution is -2.31. The summed E-state index contributed by atoms with van der Waals surface area (Å²) in [6.45, 7) is 4.07. The van der Waals surface area contributed by atoms with Crippen LogP contribution in [0.15, 0.2) is 23.5 Å². The first-order valence-electron chi connectivity index (χ1n) is 7.20. The lowest BCUT2D eigenvalue weighted by Gasteiger charge is -2.23. The molecular weight excluding hydrogens is 302 g/mol. The third-order valence-corrected chi connectivity index (χ3v) is 5.88. The van der Waals surface area contributed by atoms with Crippen LogP contribution in [0.25, 0.3) is 0 Å². The van der Waals surface area contributed by atoms with Gasteiger partial charge in [-0.1, -0.05) is 0 Å². The quantitative estimate of drug-likeness (QED) is 0.852. The lowest BCUT2D eigenvalue weighted by atomic mass is 10.2. The molecule has 2 aromatic rings. The first-order valence-corrected chi connectivity index (χ1v) is 8.64. The number of nitrogens with zero attached hydrogens (tertiary/aromatic N) is 5. The third kappa shape index (κ3) is 2.52. The van der Waals surface area contributed by atoms with Crippen LogP contribution in [0, 0.1) is 13.8 Å². The van der Waals surface area contributed by atoms with Crippen LogP contribution in [0.3, 0.4) is 0 Å². The van der Waals surface area contributed by atoms with E-state index in [-0.39, 0.29) is 10.9 Å². The molecule has 1 unspecified atom stereocenters. The SMILES string of the molecule is Cc1cncc(C2CCCN2S(=O)(=O)c2cn(C)nc2C)n1. The van der Waals surface area contributed by atoms with Crippen LogP contribution in [0.4, 0.5) is 0 Å². The molecule has 0 saturated carbocycles. The van der Waals surface area contributed by atoms with Crippen molar-refractivity contribution in [2.75, 3.05) is 6.54 Å². The fraction of sp³-hybridized carbons (Fsp3) is 0.500. The van der Waals surface area contributed by atoms with Gasteiger partial charge in [-0.05, 0) is 26.7 Å². The molecule has 7 nitrogen and oxygen atoms in total. The Hall–Kier alpha value is -1.80. The molecule has 0 aromatic carbocycles. The summed E-state index contributed by atoms with van der Waals surface area (Å²) in [5.74, 6) is 0. The summed E-state index contributed by atoms with van der Waals surface area (Å²) in [4.78, 5) is 8.86. The van der Waals surface area contributed by atoms with Crippen LogP contribution in [0.2, 0.25) is 0 Å².